The lowest BCUT2D eigenvalue weighted by atomic mass is 10.1. The average molecular weight is 385 g/mol. The van der Waals surface area contributed by atoms with E-state index in [2.05, 4.69) is 11.1 Å². The van der Waals surface area contributed by atoms with Crippen LogP contribution in [0.2, 0.25) is 0 Å². The lowest BCUT2D eigenvalue weighted by Crippen LogP contribution is -2.06. The molecule has 0 aliphatic heterocycles. The number of aromatic nitrogens is 1. The van der Waals surface area contributed by atoms with E-state index < -0.39 is 0 Å². The number of hydrogen-bond donors (Lipinski definition) is 0. The van der Waals surface area contributed by atoms with Gasteiger partial charge in [-0.2, -0.15) is 0 Å². The summed E-state index contributed by atoms with van der Waals surface area (Å²) in [6.07, 6.45) is 1.88. The summed E-state index contributed by atoms with van der Waals surface area (Å²) < 4.78 is 17.2. The van der Waals surface area contributed by atoms with Crippen molar-refractivity contribution in [2.24, 2.45) is 0 Å². The van der Waals surface area contributed by atoms with E-state index >= 15 is 0 Å². The summed E-state index contributed by atoms with van der Waals surface area (Å²) in [5.41, 5.74) is 2.92. The number of nitrogens with zero attached hydrogens (tertiary/aromatic N) is 1. The standard InChI is InChI=1S/C21H23NO4S/c1-14-11-17(24-2)18(25-3)12-15(14)13-26-21(23)10-6-9-20-22-16-7-4-5-8-19(16)27-20/h4-5,7-8,11-12H,6,9-10,13H2,1-3H3. The van der Waals surface area contributed by atoms with E-state index in [1.54, 1.807) is 25.6 Å². The molecule has 0 saturated heterocycles. The first kappa shape index (κ1) is 19.2. The number of para-hydroxylation sites is 1. The maximum atomic E-state index is 12.1. The minimum Gasteiger partial charge on any atom is -0.493 e. The van der Waals surface area contributed by atoms with Crippen LogP contribution >= 0.6 is 11.3 Å². The van der Waals surface area contributed by atoms with Crippen LogP contribution in [0, 0.1) is 6.92 Å². The molecule has 2 aromatic carbocycles. The first-order valence-corrected chi connectivity index (χ1v) is 9.64. The number of fused-ring (bicyclic) bond motifs is 1. The van der Waals surface area contributed by atoms with Crippen LogP contribution in [0.1, 0.15) is 29.0 Å². The predicted molar refractivity (Wildman–Crippen MR) is 107 cm³/mol. The summed E-state index contributed by atoms with van der Waals surface area (Å²) in [7, 11) is 3.19. The topological polar surface area (TPSA) is 57.7 Å². The van der Waals surface area contributed by atoms with Crippen LogP contribution in [0.3, 0.4) is 0 Å². The first-order valence-electron chi connectivity index (χ1n) is 8.82. The van der Waals surface area contributed by atoms with Gasteiger partial charge >= 0.3 is 5.97 Å². The number of ether oxygens (including phenoxy) is 3. The van der Waals surface area contributed by atoms with Gasteiger partial charge < -0.3 is 14.2 Å². The Morgan fingerprint density at radius 3 is 2.59 bits per heavy atom. The zero-order chi connectivity index (χ0) is 19.2. The SMILES string of the molecule is COc1cc(C)c(COC(=O)CCCc2nc3ccccc3s2)cc1OC. The predicted octanol–water partition coefficient (Wildman–Crippen LogP) is 4.69. The molecule has 5 nitrogen and oxygen atoms in total. The quantitative estimate of drug-likeness (QED) is 0.527. The Morgan fingerprint density at radius 1 is 1.11 bits per heavy atom. The zero-order valence-corrected chi connectivity index (χ0v) is 16.6. The molecule has 6 heteroatoms. The number of esters is 1. The Bertz CT molecular complexity index is 902. The third-order valence-corrected chi connectivity index (χ3v) is 5.44. The van der Waals surface area contributed by atoms with E-state index in [0.717, 1.165) is 34.5 Å². The lowest BCUT2D eigenvalue weighted by Gasteiger charge is -2.13. The molecule has 0 radical (unpaired) electrons. The Hall–Kier alpha value is -2.60. The Balaban J connectivity index is 1.49. The van der Waals surface area contributed by atoms with Crippen molar-refractivity contribution in [2.45, 2.75) is 32.8 Å². The third-order valence-electron chi connectivity index (χ3n) is 4.34. The van der Waals surface area contributed by atoms with Crippen molar-refractivity contribution in [2.75, 3.05) is 14.2 Å². The van der Waals surface area contributed by atoms with Crippen molar-refractivity contribution in [3.05, 3.63) is 52.5 Å². The van der Waals surface area contributed by atoms with Gasteiger partial charge in [-0.05, 0) is 55.2 Å². The second-order valence-corrected chi connectivity index (χ2v) is 7.34. The van der Waals surface area contributed by atoms with Gasteiger partial charge in [0.05, 0.1) is 29.4 Å². The smallest absolute Gasteiger partial charge is 0.306 e. The van der Waals surface area contributed by atoms with Crippen LogP contribution < -0.4 is 9.47 Å². The number of aryl methyl sites for hydroxylation is 2. The Labute approximate surface area is 162 Å². The van der Waals surface area contributed by atoms with Gasteiger partial charge in [0, 0.05) is 6.42 Å². The van der Waals surface area contributed by atoms with Crippen LogP contribution in [-0.2, 0) is 22.6 Å². The summed E-state index contributed by atoms with van der Waals surface area (Å²) in [5.74, 6) is 1.09. The second-order valence-electron chi connectivity index (χ2n) is 6.22. The Kier molecular flexibility index (Phi) is 6.29. The van der Waals surface area contributed by atoms with Crippen LogP contribution in [0.5, 0.6) is 11.5 Å². The number of carbonyl (C=O) groups is 1. The van der Waals surface area contributed by atoms with Crippen molar-refractivity contribution in [1.82, 2.24) is 4.98 Å². The van der Waals surface area contributed by atoms with Crippen LogP contribution in [0.15, 0.2) is 36.4 Å². The number of methoxy groups -OCH3 is 2. The number of rotatable bonds is 8. The molecule has 0 fully saturated rings. The zero-order valence-electron chi connectivity index (χ0n) is 15.8. The summed E-state index contributed by atoms with van der Waals surface area (Å²) in [6, 6.07) is 11.8. The molecule has 0 atom stereocenters. The second kappa shape index (κ2) is 8.86. The minimum absolute atomic E-state index is 0.203. The van der Waals surface area contributed by atoms with E-state index in [1.165, 1.54) is 4.70 Å². The summed E-state index contributed by atoms with van der Waals surface area (Å²) in [6.45, 7) is 2.18. The molecular formula is C21H23NO4S. The molecule has 3 rings (SSSR count). The van der Waals surface area contributed by atoms with Crippen molar-refractivity contribution < 1.29 is 19.0 Å². The molecule has 1 heterocycles. The molecule has 0 aliphatic rings. The molecule has 0 N–H and O–H groups in total. The highest BCUT2D eigenvalue weighted by molar-refractivity contribution is 7.18. The summed E-state index contributed by atoms with van der Waals surface area (Å²) >= 11 is 1.68. The van der Waals surface area contributed by atoms with Crippen molar-refractivity contribution in [3.8, 4) is 11.5 Å². The molecule has 0 saturated carbocycles. The van der Waals surface area contributed by atoms with Gasteiger partial charge in [0.1, 0.15) is 6.61 Å². The van der Waals surface area contributed by atoms with Crippen molar-refractivity contribution >= 4 is 27.5 Å². The normalized spacial score (nSPS) is 10.8. The Morgan fingerprint density at radius 2 is 1.85 bits per heavy atom. The number of benzene rings is 2. The molecule has 142 valence electrons. The maximum Gasteiger partial charge on any atom is 0.306 e. The fourth-order valence-electron chi connectivity index (χ4n) is 2.82. The highest BCUT2D eigenvalue weighted by atomic mass is 32.1. The third kappa shape index (κ3) is 4.77. The van der Waals surface area contributed by atoms with Crippen molar-refractivity contribution in [3.63, 3.8) is 0 Å². The van der Waals surface area contributed by atoms with Gasteiger partial charge in [-0.25, -0.2) is 4.98 Å². The van der Waals surface area contributed by atoms with E-state index in [4.69, 9.17) is 14.2 Å². The van der Waals surface area contributed by atoms with Crippen LogP contribution in [-0.4, -0.2) is 25.2 Å². The number of thiazole rings is 1. The fraction of sp³-hybridized carbons (Fsp3) is 0.333. The molecule has 3 aromatic rings. The highest BCUT2D eigenvalue weighted by Gasteiger charge is 2.11. The summed E-state index contributed by atoms with van der Waals surface area (Å²) in [5, 5.41) is 1.06. The molecule has 0 spiro atoms. The minimum atomic E-state index is -0.203. The van der Waals surface area contributed by atoms with Gasteiger partial charge in [0.2, 0.25) is 0 Å². The average Bonchev–Trinajstić information content (AvgIpc) is 3.09. The van der Waals surface area contributed by atoms with Gasteiger partial charge in [-0.1, -0.05) is 12.1 Å². The largest absolute Gasteiger partial charge is 0.493 e. The highest BCUT2D eigenvalue weighted by Crippen LogP contribution is 2.30. The van der Waals surface area contributed by atoms with Crippen LogP contribution in [0.4, 0.5) is 0 Å². The first-order chi connectivity index (χ1) is 13.1. The van der Waals surface area contributed by atoms with E-state index in [-0.39, 0.29) is 12.6 Å². The summed E-state index contributed by atoms with van der Waals surface area (Å²) in [4.78, 5) is 16.7. The number of carbonyl (C=O) groups excluding carboxylic acids is 1. The van der Waals surface area contributed by atoms with Gasteiger partial charge in [-0.3, -0.25) is 4.79 Å². The molecule has 1 aromatic heterocycles. The molecular weight excluding hydrogens is 362 g/mol. The monoisotopic (exact) mass is 385 g/mol. The van der Waals surface area contributed by atoms with Crippen LogP contribution in [0.25, 0.3) is 10.2 Å². The van der Waals surface area contributed by atoms with E-state index in [0.29, 0.717) is 17.9 Å². The lowest BCUT2D eigenvalue weighted by molar-refractivity contribution is -0.145. The molecule has 0 amide bonds. The van der Waals surface area contributed by atoms with Gasteiger partial charge in [0.15, 0.2) is 11.5 Å². The molecule has 0 unspecified atom stereocenters. The fourth-order valence-corrected chi connectivity index (χ4v) is 3.83. The van der Waals surface area contributed by atoms with Gasteiger partial charge in [0.25, 0.3) is 0 Å². The van der Waals surface area contributed by atoms with E-state index in [1.807, 2.05) is 37.3 Å². The van der Waals surface area contributed by atoms with Gasteiger partial charge in [-0.15, -0.1) is 11.3 Å². The number of hydrogen-bond acceptors (Lipinski definition) is 6. The molecule has 0 aliphatic carbocycles. The molecule has 0 bridgehead atoms. The maximum absolute atomic E-state index is 12.1. The molecule has 27 heavy (non-hydrogen) atoms. The van der Waals surface area contributed by atoms with Crippen molar-refractivity contribution in [1.29, 1.82) is 0 Å². The van der Waals surface area contributed by atoms with E-state index in [9.17, 15) is 4.79 Å².